The molecule has 0 radical (unpaired) electrons. The van der Waals surface area contributed by atoms with Crippen LogP contribution in [0.2, 0.25) is 15.1 Å². The molecule has 1 nitrogen and oxygen atoms in total. The van der Waals surface area contributed by atoms with Crippen LogP contribution in [0, 0.1) is 73.0 Å². The summed E-state index contributed by atoms with van der Waals surface area (Å²) in [4.78, 5) is 0. The van der Waals surface area contributed by atoms with Crippen molar-refractivity contribution < 1.29 is 17.9 Å². The Morgan fingerprint density at radius 3 is 0.973 bits per heavy atom. The monoisotopic (exact) mass is 1570 g/mol. The molecule has 0 saturated heterocycles. The minimum absolute atomic E-state index is 0.513. The predicted octanol–water partition coefficient (Wildman–Crippen LogP) is 33.8. The lowest BCUT2D eigenvalue weighted by molar-refractivity contribution is -0.137. The average molecular weight is 1570 g/mol. The van der Waals surface area contributed by atoms with Gasteiger partial charge < -0.3 is 4.74 Å². The molecule has 7 heteroatoms. The molecule has 0 atom stereocenters. The number of hydrogen-bond donors (Lipinski definition) is 0. The van der Waals surface area contributed by atoms with Crippen LogP contribution >= 0.6 is 34.8 Å². The van der Waals surface area contributed by atoms with Crippen LogP contribution in [-0.4, -0.2) is 7.11 Å². The Bertz CT molecular complexity index is 3330. The van der Waals surface area contributed by atoms with Crippen LogP contribution in [0.4, 0.5) is 13.2 Å². The number of ether oxygens (including phenoxy) is 1. The van der Waals surface area contributed by atoms with Gasteiger partial charge in [-0.15, -0.1) is 0 Å². The second kappa shape index (κ2) is 61.7. The summed E-state index contributed by atoms with van der Waals surface area (Å²) in [6, 6.07) is 66.6. The van der Waals surface area contributed by atoms with Crippen LogP contribution in [0.15, 0.2) is 200 Å². The van der Waals surface area contributed by atoms with Gasteiger partial charge >= 0.3 is 6.18 Å². The summed E-state index contributed by atoms with van der Waals surface area (Å²) in [6.07, 6.45) is 25.1. The number of hydrogen-bond acceptors (Lipinski definition) is 1. The van der Waals surface area contributed by atoms with E-state index in [1.165, 1.54) is 178 Å². The summed E-state index contributed by atoms with van der Waals surface area (Å²) >= 11 is 17.6. The fourth-order valence-corrected chi connectivity index (χ4v) is 12.1. The van der Waals surface area contributed by atoms with Gasteiger partial charge in [0.2, 0.25) is 0 Å². The summed E-state index contributed by atoms with van der Waals surface area (Å²) < 4.78 is 42.2. The molecule has 1 aliphatic carbocycles. The summed E-state index contributed by atoms with van der Waals surface area (Å²) in [7, 11) is 1.70. The van der Waals surface area contributed by atoms with Gasteiger partial charge in [0.25, 0.3) is 0 Å². The van der Waals surface area contributed by atoms with E-state index >= 15 is 0 Å². The molecule has 1 aliphatic rings. The van der Waals surface area contributed by atoms with Crippen LogP contribution in [0.25, 0.3) is 0 Å². The third-order valence-corrected chi connectivity index (χ3v) is 20.1. The molecule has 8 aromatic rings. The lowest BCUT2D eigenvalue weighted by Crippen LogP contribution is -2.06. The largest absolute Gasteiger partial charge is 0.497 e. The van der Waals surface area contributed by atoms with Crippen molar-refractivity contribution in [3.63, 3.8) is 0 Å². The quantitative estimate of drug-likeness (QED) is 0.0475. The Morgan fingerprint density at radius 2 is 0.627 bits per heavy atom. The molecule has 0 N–H and O–H groups in total. The standard InChI is InChI=1S/C12H17Cl.C12H15F3.C12H18O.C12H18.2C11H15Cl.C11H22.2C11H16/c1-9(2)4-5-11-6-7-12(13)10(3)8-11;1-9(2)6-7-10-4-3-5-11(8-10)12(13,14)15;1-10(2)4-5-11-6-8-12(13-3)9-7-11;1-10(2)4-7-12-8-5-11(3)6-9-12;1-9(2)3-4-10-5-7-11(12)8-6-10;1-9(2)6-7-10-4-3-5-11(12)8-10;3*1-10(2)8-9-11-6-4-3-5-7-11/h6-9H,4-5H2,1-3H3;3-5,8-9H,6-7H2,1-2H3;6-10H,4-5H2,1-3H3;5-6,8-10H,4,7H2,1-3H3;5-9H,3-4H2,1-2H3;3-5,8-9H,6-7H2,1-2H3;10-11H,3-9H2,1-2H3;2*3-7,10H,8-9H2,1-2H3. The normalized spacial score (nSPS) is 11.9. The first kappa shape index (κ1) is 102. The smallest absolute Gasteiger partial charge is 0.416 e. The van der Waals surface area contributed by atoms with E-state index in [-0.39, 0.29) is 0 Å². The zero-order valence-electron chi connectivity index (χ0n) is 72.8. The molecule has 9 rings (SSSR count). The van der Waals surface area contributed by atoms with Gasteiger partial charge in [0, 0.05) is 15.1 Å². The molecule has 0 spiro atoms. The van der Waals surface area contributed by atoms with Crippen LogP contribution in [0.3, 0.4) is 0 Å². The maximum absolute atomic E-state index is 12.4. The highest BCUT2D eigenvalue weighted by atomic mass is 35.5. The lowest BCUT2D eigenvalue weighted by atomic mass is 9.85. The first-order chi connectivity index (χ1) is 52.1. The van der Waals surface area contributed by atoms with Gasteiger partial charge in [0.05, 0.1) is 12.7 Å². The van der Waals surface area contributed by atoms with E-state index in [0.29, 0.717) is 12.3 Å². The predicted molar refractivity (Wildman–Crippen MR) is 484 cm³/mol. The highest BCUT2D eigenvalue weighted by molar-refractivity contribution is 6.31. The second-order valence-electron chi connectivity index (χ2n) is 34.3. The molecule has 1 saturated carbocycles. The van der Waals surface area contributed by atoms with Crippen molar-refractivity contribution in [2.45, 2.75) is 292 Å². The van der Waals surface area contributed by atoms with Crippen LogP contribution in [-0.2, 0) is 57.5 Å². The Kier molecular flexibility index (Phi) is 57.3. The summed E-state index contributed by atoms with van der Waals surface area (Å²) in [5, 5.41) is 2.54. The highest BCUT2D eigenvalue weighted by Gasteiger charge is 2.30. The van der Waals surface area contributed by atoms with Crippen LogP contribution in [0.5, 0.6) is 5.75 Å². The molecule has 0 amide bonds. The number of benzene rings is 8. The molecule has 8 aromatic carbocycles. The van der Waals surface area contributed by atoms with Gasteiger partial charge in [0.1, 0.15) is 5.75 Å². The number of aryl methyl sites for hydroxylation is 10. The van der Waals surface area contributed by atoms with Crippen molar-refractivity contribution in [3.05, 3.63) is 276 Å². The minimum atomic E-state index is -4.23. The fourth-order valence-electron chi connectivity index (χ4n) is 11.6. The Morgan fingerprint density at radius 1 is 0.318 bits per heavy atom. The van der Waals surface area contributed by atoms with E-state index in [1.807, 2.05) is 48.5 Å². The Labute approximate surface area is 688 Å². The van der Waals surface area contributed by atoms with E-state index in [9.17, 15) is 13.2 Å². The molecule has 110 heavy (non-hydrogen) atoms. The molecule has 0 unspecified atom stereocenters. The van der Waals surface area contributed by atoms with Gasteiger partial charge in [-0.2, -0.15) is 13.2 Å². The molecule has 0 aromatic heterocycles. The first-order valence-electron chi connectivity index (χ1n) is 42.3. The SMILES string of the molecule is CC(C)CCC1CCCCC1.CC(C)CCc1ccc(Cl)cc1.CC(C)CCc1cccc(C(F)(F)F)c1.CC(C)CCc1cccc(Cl)c1.CC(C)CCc1ccccc1.CC(C)CCc1ccccc1.COc1ccc(CCC(C)C)cc1.Cc1cc(CCC(C)C)ccc1Cl.Cc1ccc(CCC(C)C)cc1. The van der Waals surface area contributed by atoms with Crippen molar-refractivity contribution in [2.75, 3.05) is 7.11 Å². The zero-order chi connectivity index (χ0) is 82.2. The van der Waals surface area contributed by atoms with E-state index < -0.39 is 11.7 Å². The second-order valence-corrected chi connectivity index (χ2v) is 35.6. The zero-order valence-corrected chi connectivity index (χ0v) is 75.0. The van der Waals surface area contributed by atoms with E-state index in [4.69, 9.17) is 39.5 Å². The van der Waals surface area contributed by atoms with E-state index in [2.05, 4.69) is 266 Å². The van der Waals surface area contributed by atoms with Gasteiger partial charge in [-0.3, -0.25) is 0 Å². The third-order valence-electron chi connectivity index (χ3n) is 19.2. The summed E-state index contributed by atoms with van der Waals surface area (Å²) in [6.45, 7) is 44.6. The minimum Gasteiger partial charge on any atom is -0.497 e. The van der Waals surface area contributed by atoms with Crippen LogP contribution in [0.1, 0.15) is 282 Å². The topological polar surface area (TPSA) is 9.23 Å². The van der Waals surface area contributed by atoms with Crippen molar-refractivity contribution in [3.8, 4) is 5.75 Å². The van der Waals surface area contributed by atoms with Gasteiger partial charge in [-0.05, 0) is 274 Å². The first-order valence-corrected chi connectivity index (χ1v) is 43.4. The maximum Gasteiger partial charge on any atom is 0.416 e. The maximum atomic E-state index is 12.4. The Hall–Kier alpha value is -5.78. The molecule has 612 valence electrons. The van der Waals surface area contributed by atoms with Gasteiger partial charge in [0.15, 0.2) is 0 Å². The van der Waals surface area contributed by atoms with Gasteiger partial charge in [-0.25, -0.2) is 0 Å². The lowest BCUT2D eigenvalue weighted by Gasteiger charge is -2.21. The Balaban J connectivity index is 0.000000620. The number of alkyl halides is 3. The molecule has 0 heterocycles. The highest BCUT2D eigenvalue weighted by Crippen LogP contribution is 2.31. The van der Waals surface area contributed by atoms with Crippen molar-refractivity contribution >= 4 is 34.8 Å². The molecule has 1 fully saturated rings. The van der Waals surface area contributed by atoms with E-state index in [1.54, 1.807) is 13.2 Å². The van der Waals surface area contributed by atoms with E-state index in [0.717, 1.165) is 111 Å². The molecular weight excluding hydrogens is 1420 g/mol. The summed E-state index contributed by atoms with van der Waals surface area (Å²) in [5.74, 6) is 9.00. The number of methoxy groups -OCH3 is 1. The van der Waals surface area contributed by atoms with Crippen LogP contribution < -0.4 is 4.74 Å². The number of rotatable bonds is 28. The third kappa shape index (κ3) is 58.1. The van der Waals surface area contributed by atoms with Crippen molar-refractivity contribution in [1.82, 2.24) is 0 Å². The summed E-state index contributed by atoms with van der Waals surface area (Å²) in [5.41, 5.74) is 12.7. The fraction of sp³-hybridized carbons (Fsp3) is 0.534. The van der Waals surface area contributed by atoms with Crippen molar-refractivity contribution in [2.24, 2.45) is 59.2 Å². The van der Waals surface area contributed by atoms with Gasteiger partial charge in [-0.1, -0.05) is 362 Å². The van der Waals surface area contributed by atoms with Crippen molar-refractivity contribution in [1.29, 1.82) is 0 Å². The molecule has 0 aliphatic heterocycles. The average Bonchev–Trinajstić information content (AvgIpc) is 0.853. The number of halogens is 6. The molecular formula is C103H152Cl3F3O. The molecule has 0 bridgehead atoms.